The molecule has 1 atom stereocenters. The fourth-order valence-electron chi connectivity index (χ4n) is 0.853. The zero-order valence-corrected chi connectivity index (χ0v) is 7.70. The monoisotopic (exact) mass is 191 g/mol. The summed E-state index contributed by atoms with van der Waals surface area (Å²) in [5.74, 6) is -0.328. The lowest BCUT2D eigenvalue weighted by molar-refractivity contribution is -0.116. The van der Waals surface area contributed by atoms with E-state index in [1.807, 2.05) is 0 Å². The van der Waals surface area contributed by atoms with Gasteiger partial charge in [0, 0.05) is 0 Å². The van der Waals surface area contributed by atoms with E-state index >= 15 is 0 Å². The average molecular weight is 192 g/mol. The molecule has 0 saturated heterocycles. The van der Waals surface area contributed by atoms with Crippen LogP contribution in [-0.4, -0.2) is 17.0 Å². The number of amides is 1. The molecule has 0 aromatic carbocycles. The summed E-state index contributed by atoms with van der Waals surface area (Å²) in [7, 11) is 0. The standard InChI is InChI=1S/C7H7Cl2NO/c1-3-5(8)4(2)10-7(11)6(3)9/h6H,1-2H3. The third-order valence-electron chi connectivity index (χ3n) is 1.54. The lowest BCUT2D eigenvalue weighted by atomic mass is 10.1. The Labute approximate surface area is 74.9 Å². The first kappa shape index (κ1) is 8.75. The summed E-state index contributed by atoms with van der Waals surface area (Å²) in [6, 6.07) is 0. The second kappa shape index (κ2) is 2.95. The summed E-state index contributed by atoms with van der Waals surface area (Å²) >= 11 is 11.5. The first-order valence-corrected chi connectivity index (χ1v) is 3.95. The summed E-state index contributed by atoms with van der Waals surface area (Å²) in [4.78, 5) is 14.6. The Balaban J connectivity index is 3.12. The van der Waals surface area contributed by atoms with E-state index in [1.165, 1.54) is 0 Å². The van der Waals surface area contributed by atoms with Crippen molar-refractivity contribution in [2.24, 2.45) is 4.99 Å². The number of hydrogen-bond donors (Lipinski definition) is 0. The quantitative estimate of drug-likeness (QED) is 0.540. The van der Waals surface area contributed by atoms with Crippen molar-refractivity contribution in [2.45, 2.75) is 19.2 Å². The van der Waals surface area contributed by atoms with Gasteiger partial charge in [0.25, 0.3) is 5.91 Å². The Morgan fingerprint density at radius 2 is 2.00 bits per heavy atom. The molecule has 1 rings (SSSR count). The van der Waals surface area contributed by atoms with Crippen molar-refractivity contribution >= 4 is 34.8 Å². The van der Waals surface area contributed by atoms with Crippen LogP contribution in [0.5, 0.6) is 0 Å². The molecule has 0 aliphatic carbocycles. The van der Waals surface area contributed by atoms with Crippen LogP contribution in [0.25, 0.3) is 0 Å². The van der Waals surface area contributed by atoms with Gasteiger partial charge in [0.15, 0.2) is 0 Å². The van der Waals surface area contributed by atoms with E-state index in [0.717, 1.165) is 0 Å². The summed E-state index contributed by atoms with van der Waals surface area (Å²) in [6.07, 6.45) is 0. The van der Waals surface area contributed by atoms with Crippen LogP contribution in [0.1, 0.15) is 13.8 Å². The normalized spacial score (nSPS) is 25.6. The van der Waals surface area contributed by atoms with E-state index in [-0.39, 0.29) is 5.91 Å². The summed E-state index contributed by atoms with van der Waals surface area (Å²) in [5, 5.41) is -0.171. The largest absolute Gasteiger partial charge is 0.270 e. The summed E-state index contributed by atoms with van der Waals surface area (Å²) < 4.78 is 0. The second-order valence-electron chi connectivity index (χ2n) is 2.40. The number of dihydropyridines is 1. The predicted molar refractivity (Wildman–Crippen MR) is 46.3 cm³/mol. The molecule has 1 aliphatic heterocycles. The Kier molecular flexibility index (Phi) is 2.35. The van der Waals surface area contributed by atoms with Gasteiger partial charge in [0.05, 0.1) is 10.7 Å². The van der Waals surface area contributed by atoms with E-state index in [4.69, 9.17) is 23.2 Å². The number of alkyl halides is 1. The van der Waals surface area contributed by atoms with Gasteiger partial charge in [-0.25, -0.2) is 4.99 Å². The highest BCUT2D eigenvalue weighted by molar-refractivity contribution is 6.47. The van der Waals surface area contributed by atoms with Crippen LogP contribution in [0.15, 0.2) is 15.6 Å². The van der Waals surface area contributed by atoms with Crippen LogP contribution in [-0.2, 0) is 4.79 Å². The number of halogens is 2. The molecule has 0 aromatic rings. The number of carbonyl (C=O) groups is 1. The molecule has 1 unspecified atom stereocenters. The molecule has 0 spiro atoms. The molecular weight excluding hydrogens is 185 g/mol. The van der Waals surface area contributed by atoms with Crippen molar-refractivity contribution in [3.8, 4) is 0 Å². The Morgan fingerprint density at radius 1 is 1.45 bits per heavy atom. The third kappa shape index (κ3) is 1.47. The van der Waals surface area contributed by atoms with E-state index in [0.29, 0.717) is 16.3 Å². The number of hydrogen-bond acceptors (Lipinski definition) is 1. The van der Waals surface area contributed by atoms with Crippen LogP contribution in [0.3, 0.4) is 0 Å². The first-order chi connectivity index (χ1) is 5.04. The van der Waals surface area contributed by atoms with Crippen molar-refractivity contribution in [2.75, 3.05) is 0 Å². The smallest absolute Gasteiger partial charge is 0.268 e. The minimum absolute atomic E-state index is 0.328. The molecule has 11 heavy (non-hydrogen) atoms. The third-order valence-corrected chi connectivity index (χ3v) is 2.62. The van der Waals surface area contributed by atoms with Crippen molar-refractivity contribution in [3.05, 3.63) is 10.6 Å². The van der Waals surface area contributed by atoms with Crippen LogP contribution in [0, 0.1) is 0 Å². The average Bonchev–Trinajstić information content (AvgIpc) is 1.97. The number of nitrogens with zero attached hydrogens (tertiary/aromatic N) is 1. The van der Waals surface area contributed by atoms with Crippen LogP contribution >= 0.6 is 23.2 Å². The van der Waals surface area contributed by atoms with Crippen LogP contribution in [0.4, 0.5) is 0 Å². The number of rotatable bonds is 0. The molecule has 0 saturated carbocycles. The van der Waals surface area contributed by atoms with Crippen molar-refractivity contribution < 1.29 is 4.79 Å². The van der Waals surface area contributed by atoms with E-state index < -0.39 is 5.38 Å². The highest BCUT2D eigenvalue weighted by atomic mass is 35.5. The van der Waals surface area contributed by atoms with Gasteiger partial charge in [-0.15, -0.1) is 11.6 Å². The minimum Gasteiger partial charge on any atom is -0.270 e. The second-order valence-corrected chi connectivity index (χ2v) is 3.21. The molecule has 60 valence electrons. The molecular formula is C7H7Cl2NO. The van der Waals surface area contributed by atoms with Gasteiger partial charge in [0.1, 0.15) is 5.38 Å². The molecule has 1 heterocycles. The maximum absolute atomic E-state index is 10.9. The Morgan fingerprint density at radius 3 is 2.55 bits per heavy atom. The molecule has 1 amide bonds. The highest BCUT2D eigenvalue weighted by Crippen LogP contribution is 2.24. The number of allylic oxidation sites excluding steroid dienone is 1. The van der Waals surface area contributed by atoms with Crippen molar-refractivity contribution in [1.29, 1.82) is 0 Å². The molecule has 2 nitrogen and oxygen atoms in total. The van der Waals surface area contributed by atoms with Gasteiger partial charge in [-0.2, -0.15) is 0 Å². The van der Waals surface area contributed by atoms with Gasteiger partial charge >= 0.3 is 0 Å². The number of carbonyl (C=O) groups excluding carboxylic acids is 1. The van der Waals surface area contributed by atoms with Gasteiger partial charge in [-0.1, -0.05) is 11.6 Å². The molecule has 0 aromatic heterocycles. The van der Waals surface area contributed by atoms with Crippen molar-refractivity contribution in [3.63, 3.8) is 0 Å². The van der Waals surface area contributed by atoms with E-state index in [2.05, 4.69) is 4.99 Å². The van der Waals surface area contributed by atoms with Gasteiger partial charge < -0.3 is 0 Å². The van der Waals surface area contributed by atoms with Gasteiger partial charge in [-0.3, -0.25) is 4.79 Å². The highest BCUT2D eigenvalue weighted by Gasteiger charge is 2.24. The predicted octanol–water partition coefficient (Wildman–Crippen LogP) is 2.11. The lowest BCUT2D eigenvalue weighted by Gasteiger charge is -2.14. The Hall–Kier alpha value is -0.340. The minimum atomic E-state index is -0.675. The van der Waals surface area contributed by atoms with Gasteiger partial charge in [-0.05, 0) is 19.4 Å². The van der Waals surface area contributed by atoms with Crippen LogP contribution < -0.4 is 0 Å². The lowest BCUT2D eigenvalue weighted by Crippen LogP contribution is -2.21. The van der Waals surface area contributed by atoms with Gasteiger partial charge in [0.2, 0.25) is 0 Å². The SMILES string of the molecule is CC1=NC(=O)C(Cl)C(C)=C1Cl. The first-order valence-electron chi connectivity index (χ1n) is 3.14. The summed E-state index contributed by atoms with van der Waals surface area (Å²) in [5.41, 5.74) is 1.23. The van der Waals surface area contributed by atoms with E-state index in [9.17, 15) is 4.79 Å². The van der Waals surface area contributed by atoms with E-state index in [1.54, 1.807) is 13.8 Å². The maximum atomic E-state index is 10.9. The molecule has 0 fully saturated rings. The zero-order valence-electron chi connectivity index (χ0n) is 6.19. The maximum Gasteiger partial charge on any atom is 0.268 e. The molecule has 1 aliphatic rings. The molecule has 4 heteroatoms. The fourth-order valence-corrected chi connectivity index (χ4v) is 1.22. The topological polar surface area (TPSA) is 29.4 Å². The fraction of sp³-hybridized carbons (Fsp3) is 0.429. The Bertz CT molecular complexity index is 268. The molecule has 0 radical (unpaired) electrons. The van der Waals surface area contributed by atoms with Crippen LogP contribution in [0.2, 0.25) is 0 Å². The molecule has 0 bridgehead atoms. The zero-order chi connectivity index (χ0) is 8.59. The van der Waals surface area contributed by atoms with Crippen molar-refractivity contribution in [1.82, 2.24) is 0 Å². The molecule has 0 N–H and O–H groups in total. The summed E-state index contributed by atoms with van der Waals surface area (Å²) in [6.45, 7) is 3.42. The number of aliphatic imine (C=N–C) groups is 1.